The summed E-state index contributed by atoms with van der Waals surface area (Å²) in [5.74, 6) is 2.07. The van der Waals surface area contributed by atoms with Gasteiger partial charge in [-0.25, -0.2) is 0 Å². The molecule has 24 heavy (non-hydrogen) atoms. The Labute approximate surface area is 143 Å². The number of fused-ring (bicyclic) bond motifs is 2. The van der Waals surface area contributed by atoms with Crippen molar-refractivity contribution in [2.24, 2.45) is 5.92 Å². The van der Waals surface area contributed by atoms with Gasteiger partial charge in [0.05, 0.1) is 5.92 Å². The molecule has 0 aromatic heterocycles. The number of para-hydroxylation sites is 2. The van der Waals surface area contributed by atoms with Gasteiger partial charge in [0.15, 0.2) is 0 Å². The molecule has 0 bridgehead atoms. The smallest absolute Gasteiger partial charge is 0.232 e. The topological polar surface area (TPSA) is 38.3 Å². The fraction of sp³-hybridized carbons (Fsp3) is 0.381. The number of hydrogen-bond donors (Lipinski definition) is 1. The summed E-state index contributed by atoms with van der Waals surface area (Å²) < 4.78 is 5.98. The van der Waals surface area contributed by atoms with E-state index in [4.69, 9.17) is 4.74 Å². The van der Waals surface area contributed by atoms with Crippen LogP contribution in [-0.2, 0) is 4.79 Å². The molecule has 3 nitrogen and oxygen atoms in total. The molecule has 0 radical (unpaired) electrons. The van der Waals surface area contributed by atoms with Crippen LogP contribution in [0, 0.1) is 5.92 Å². The minimum atomic E-state index is -0.289. The molecule has 2 atom stereocenters. The number of hydrogen-bond acceptors (Lipinski definition) is 2. The van der Waals surface area contributed by atoms with Gasteiger partial charge in [0, 0.05) is 17.2 Å². The lowest BCUT2D eigenvalue weighted by atomic mass is 9.84. The predicted molar refractivity (Wildman–Crippen MR) is 94.4 cm³/mol. The molecule has 1 N–H and O–H groups in total. The van der Waals surface area contributed by atoms with E-state index < -0.39 is 0 Å². The van der Waals surface area contributed by atoms with Gasteiger partial charge >= 0.3 is 0 Å². The number of carbonyl (C=O) groups is 1. The van der Waals surface area contributed by atoms with E-state index in [1.807, 2.05) is 48.5 Å². The molecule has 1 fully saturated rings. The molecule has 2 aromatic carbocycles. The van der Waals surface area contributed by atoms with Crippen LogP contribution in [-0.4, -0.2) is 11.9 Å². The van der Waals surface area contributed by atoms with Crippen molar-refractivity contribution in [3.8, 4) is 11.5 Å². The Hall–Kier alpha value is -2.29. The first kappa shape index (κ1) is 15.3. The second-order valence-corrected chi connectivity index (χ2v) is 7.09. The molecule has 1 heterocycles. The minimum absolute atomic E-state index is 0.0947. The molecule has 3 heteroatoms. The highest BCUT2D eigenvalue weighted by atomic mass is 16.5. The number of nitrogens with one attached hydrogen (secondary N) is 1. The van der Waals surface area contributed by atoms with Crippen molar-refractivity contribution in [1.82, 2.24) is 5.32 Å². The van der Waals surface area contributed by atoms with Crippen LogP contribution >= 0.6 is 0 Å². The third-order valence-electron chi connectivity index (χ3n) is 5.22. The monoisotopic (exact) mass is 321 g/mol. The van der Waals surface area contributed by atoms with Crippen LogP contribution in [0.25, 0.3) is 0 Å². The highest BCUT2D eigenvalue weighted by Gasteiger charge is 2.33. The van der Waals surface area contributed by atoms with Crippen LogP contribution in [0.1, 0.15) is 49.7 Å². The Morgan fingerprint density at radius 1 is 1.00 bits per heavy atom. The van der Waals surface area contributed by atoms with E-state index in [-0.39, 0.29) is 11.8 Å². The highest BCUT2D eigenvalue weighted by Crippen LogP contribution is 2.44. The van der Waals surface area contributed by atoms with Crippen molar-refractivity contribution in [2.75, 3.05) is 0 Å². The summed E-state index contributed by atoms with van der Waals surface area (Å²) in [6.07, 6.45) is 4.64. The standard InChI is InChI=1S/C21H23NO2/c1-14-7-6-8-15(13-14)22-21(23)20-16-9-2-4-11-18(16)24-19-12-5-3-10-17(19)20/h2-5,9-12,14-15,20H,6-8,13H2,1H3,(H,22,23). The molecule has 2 aliphatic rings. The largest absolute Gasteiger partial charge is 0.457 e. The summed E-state index contributed by atoms with van der Waals surface area (Å²) in [6, 6.07) is 16.0. The number of carbonyl (C=O) groups excluding carboxylic acids is 1. The highest BCUT2D eigenvalue weighted by molar-refractivity contribution is 5.89. The van der Waals surface area contributed by atoms with E-state index in [0.29, 0.717) is 12.0 Å². The molecule has 0 spiro atoms. The summed E-state index contributed by atoms with van der Waals surface area (Å²) in [5, 5.41) is 3.31. The lowest BCUT2D eigenvalue weighted by Crippen LogP contribution is -2.41. The van der Waals surface area contributed by atoms with Crippen LogP contribution in [0.5, 0.6) is 11.5 Å². The lowest BCUT2D eigenvalue weighted by Gasteiger charge is -2.31. The Balaban J connectivity index is 1.65. The number of benzene rings is 2. The zero-order valence-electron chi connectivity index (χ0n) is 14.0. The summed E-state index contributed by atoms with van der Waals surface area (Å²) in [7, 11) is 0. The summed E-state index contributed by atoms with van der Waals surface area (Å²) >= 11 is 0. The second kappa shape index (κ2) is 6.31. The molecule has 124 valence electrons. The SMILES string of the molecule is CC1CCCC(NC(=O)C2c3ccccc3Oc3ccccc32)C1. The lowest BCUT2D eigenvalue weighted by molar-refractivity contribution is -0.122. The van der Waals surface area contributed by atoms with Crippen LogP contribution in [0.3, 0.4) is 0 Å². The van der Waals surface area contributed by atoms with Gasteiger partial charge in [-0.05, 0) is 30.9 Å². The molecule has 0 saturated heterocycles. The maximum Gasteiger partial charge on any atom is 0.232 e. The van der Waals surface area contributed by atoms with Gasteiger partial charge in [0.25, 0.3) is 0 Å². The van der Waals surface area contributed by atoms with Gasteiger partial charge in [-0.2, -0.15) is 0 Å². The molecule has 1 saturated carbocycles. The first-order chi connectivity index (χ1) is 11.7. The minimum Gasteiger partial charge on any atom is -0.457 e. The first-order valence-electron chi connectivity index (χ1n) is 8.88. The molecule has 1 amide bonds. The normalized spacial score (nSPS) is 22.9. The maximum absolute atomic E-state index is 13.1. The summed E-state index contributed by atoms with van der Waals surface area (Å²) in [5.41, 5.74) is 1.91. The maximum atomic E-state index is 13.1. The zero-order valence-corrected chi connectivity index (χ0v) is 14.0. The zero-order chi connectivity index (χ0) is 16.5. The first-order valence-corrected chi connectivity index (χ1v) is 8.88. The number of amides is 1. The van der Waals surface area contributed by atoms with Crippen molar-refractivity contribution in [1.29, 1.82) is 0 Å². The van der Waals surface area contributed by atoms with Crippen molar-refractivity contribution in [2.45, 2.75) is 44.6 Å². The van der Waals surface area contributed by atoms with E-state index in [1.165, 1.54) is 12.8 Å². The van der Waals surface area contributed by atoms with Gasteiger partial charge in [0.1, 0.15) is 11.5 Å². The van der Waals surface area contributed by atoms with Gasteiger partial charge < -0.3 is 10.1 Å². The molecular weight excluding hydrogens is 298 g/mol. The van der Waals surface area contributed by atoms with Crippen molar-refractivity contribution >= 4 is 5.91 Å². The molecule has 1 aliphatic carbocycles. The molecule has 2 aromatic rings. The van der Waals surface area contributed by atoms with Crippen LogP contribution in [0.15, 0.2) is 48.5 Å². The van der Waals surface area contributed by atoms with Crippen LogP contribution in [0.2, 0.25) is 0 Å². The number of ether oxygens (including phenoxy) is 1. The van der Waals surface area contributed by atoms with Gasteiger partial charge in [0.2, 0.25) is 5.91 Å². The summed E-state index contributed by atoms with van der Waals surface area (Å²) in [6.45, 7) is 2.28. The Morgan fingerprint density at radius 3 is 2.25 bits per heavy atom. The van der Waals surface area contributed by atoms with Gasteiger partial charge in [-0.1, -0.05) is 56.2 Å². The fourth-order valence-corrected chi connectivity index (χ4v) is 4.04. The second-order valence-electron chi connectivity index (χ2n) is 7.09. The van der Waals surface area contributed by atoms with Crippen molar-refractivity contribution in [3.05, 3.63) is 59.7 Å². The number of rotatable bonds is 2. The fourth-order valence-electron chi connectivity index (χ4n) is 4.04. The van der Waals surface area contributed by atoms with Crippen LogP contribution < -0.4 is 10.1 Å². The van der Waals surface area contributed by atoms with E-state index in [0.717, 1.165) is 35.5 Å². The Kier molecular flexibility index (Phi) is 4.01. The third kappa shape index (κ3) is 2.79. The Morgan fingerprint density at radius 2 is 1.62 bits per heavy atom. The van der Waals surface area contributed by atoms with Crippen LogP contribution in [0.4, 0.5) is 0 Å². The van der Waals surface area contributed by atoms with E-state index in [9.17, 15) is 4.79 Å². The van der Waals surface area contributed by atoms with E-state index in [2.05, 4.69) is 12.2 Å². The van der Waals surface area contributed by atoms with Crippen molar-refractivity contribution < 1.29 is 9.53 Å². The molecule has 2 unspecified atom stereocenters. The van der Waals surface area contributed by atoms with E-state index >= 15 is 0 Å². The molecule has 1 aliphatic heterocycles. The molecular formula is C21H23NO2. The quantitative estimate of drug-likeness (QED) is 0.876. The Bertz CT molecular complexity index is 710. The van der Waals surface area contributed by atoms with Crippen molar-refractivity contribution in [3.63, 3.8) is 0 Å². The molecule has 4 rings (SSSR count). The van der Waals surface area contributed by atoms with Gasteiger partial charge in [-0.3, -0.25) is 4.79 Å². The van der Waals surface area contributed by atoms with E-state index in [1.54, 1.807) is 0 Å². The average Bonchev–Trinajstić information content (AvgIpc) is 2.59. The average molecular weight is 321 g/mol. The predicted octanol–water partition coefficient (Wildman–Crippen LogP) is 4.62. The van der Waals surface area contributed by atoms with Gasteiger partial charge in [-0.15, -0.1) is 0 Å². The third-order valence-corrected chi connectivity index (χ3v) is 5.22. The summed E-state index contributed by atoms with van der Waals surface area (Å²) in [4.78, 5) is 13.1.